The average Bonchev–Trinajstić information content (AvgIpc) is 3.11. The van der Waals surface area contributed by atoms with E-state index < -0.39 is 0 Å². The zero-order valence-corrected chi connectivity index (χ0v) is 10.8. The van der Waals surface area contributed by atoms with Crippen LogP contribution in [0.2, 0.25) is 0 Å². The molecule has 0 radical (unpaired) electrons. The highest BCUT2D eigenvalue weighted by atomic mass is 16.2. The Kier molecular flexibility index (Phi) is 1.69. The summed E-state index contributed by atoms with van der Waals surface area (Å²) < 4.78 is 2.92. The molecule has 5 heteroatoms. The fourth-order valence-corrected chi connectivity index (χ4v) is 3.16. The van der Waals surface area contributed by atoms with Gasteiger partial charge in [-0.05, 0) is 18.2 Å². The van der Waals surface area contributed by atoms with E-state index in [1.165, 1.54) is 4.52 Å². The number of aromatic amines is 1. The smallest absolute Gasteiger partial charge is 0.298 e. The van der Waals surface area contributed by atoms with Gasteiger partial charge in [-0.25, -0.2) is 4.52 Å². The van der Waals surface area contributed by atoms with Crippen molar-refractivity contribution < 1.29 is 0 Å². The second-order valence-corrected chi connectivity index (χ2v) is 5.15. The van der Waals surface area contributed by atoms with Crippen molar-refractivity contribution >= 4 is 32.8 Å². The number of para-hydroxylation sites is 2. The van der Waals surface area contributed by atoms with Crippen molar-refractivity contribution in [2.75, 3.05) is 0 Å². The Bertz CT molecular complexity index is 1270. The van der Waals surface area contributed by atoms with Crippen molar-refractivity contribution in [1.82, 2.24) is 14.0 Å². The van der Waals surface area contributed by atoms with Crippen molar-refractivity contribution in [2.24, 2.45) is 0 Å². The summed E-state index contributed by atoms with van der Waals surface area (Å²) in [5.41, 5.74) is 2.30. The maximum atomic E-state index is 12.6. The Labute approximate surface area is 117 Å². The Morgan fingerprint density at radius 1 is 0.762 bits per heavy atom. The lowest BCUT2D eigenvalue weighted by Crippen LogP contribution is -2.21. The van der Waals surface area contributed by atoms with Gasteiger partial charge in [0.1, 0.15) is 11.0 Å². The molecule has 0 aliphatic rings. The first-order valence-corrected chi connectivity index (χ1v) is 6.66. The number of hydrogen-bond acceptors (Lipinski definition) is 2. The zero-order chi connectivity index (χ0) is 14.1. The minimum Gasteiger partial charge on any atom is -0.349 e. The molecule has 0 atom stereocenters. The van der Waals surface area contributed by atoms with Crippen LogP contribution < -0.4 is 11.1 Å². The van der Waals surface area contributed by atoms with Crippen LogP contribution in [0.5, 0.6) is 0 Å². The molecule has 0 amide bonds. The molecule has 100 valence electrons. The minimum absolute atomic E-state index is 0.274. The molecule has 21 heavy (non-hydrogen) atoms. The molecule has 0 bridgehead atoms. The molecule has 5 aromatic rings. The molecular formula is C16H9N3O2. The molecule has 0 aliphatic heterocycles. The number of hydrogen-bond donors (Lipinski definition) is 1. The summed E-state index contributed by atoms with van der Waals surface area (Å²) in [6, 6.07) is 15.0. The lowest BCUT2D eigenvalue weighted by Gasteiger charge is -1.93. The van der Waals surface area contributed by atoms with Gasteiger partial charge in [-0.1, -0.05) is 30.3 Å². The maximum absolute atomic E-state index is 12.6. The quantitative estimate of drug-likeness (QED) is 0.470. The molecule has 0 fully saturated rings. The van der Waals surface area contributed by atoms with E-state index in [1.807, 2.05) is 36.4 Å². The third-order valence-corrected chi connectivity index (χ3v) is 4.05. The highest BCUT2D eigenvalue weighted by Crippen LogP contribution is 2.25. The van der Waals surface area contributed by atoms with Gasteiger partial charge in [-0.15, -0.1) is 0 Å². The topological polar surface area (TPSA) is 58.8 Å². The van der Waals surface area contributed by atoms with Gasteiger partial charge >= 0.3 is 0 Å². The molecule has 0 unspecified atom stereocenters. The normalized spacial score (nSPS) is 12.2. The van der Waals surface area contributed by atoms with E-state index in [1.54, 1.807) is 16.6 Å². The van der Waals surface area contributed by atoms with E-state index in [4.69, 9.17) is 0 Å². The second-order valence-electron chi connectivity index (χ2n) is 5.15. The third kappa shape index (κ3) is 1.08. The number of aromatic nitrogens is 3. The van der Waals surface area contributed by atoms with Gasteiger partial charge in [0.15, 0.2) is 0 Å². The first kappa shape index (κ1) is 10.7. The molecule has 0 aliphatic carbocycles. The van der Waals surface area contributed by atoms with Crippen molar-refractivity contribution in [2.45, 2.75) is 0 Å². The molecule has 3 aromatic heterocycles. The lowest BCUT2D eigenvalue weighted by molar-refractivity contribution is 0.841. The number of fused-ring (bicyclic) bond motifs is 7. The van der Waals surface area contributed by atoms with Gasteiger partial charge in [0.05, 0.1) is 10.9 Å². The highest BCUT2D eigenvalue weighted by Gasteiger charge is 2.20. The summed E-state index contributed by atoms with van der Waals surface area (Å²) in [5.74, 6) is 0. The van der Waals surface area contributed by atoms with Gasteiger partial charge in [-0.3, -0.25) is 9.59 Å². The van der Waals surface area contributed by atoms with Gasteiger partial charge in [-0.2, -0.15) is 4.52 Å². The Morgan fingerprint density at radius 2 is 1.48 bits per heavy atom. The summed E-state index contributed by atoms with van der Waals surface area (Å²) in [6.07, 6.45) is 0. The summed E-state index contributed by atoms with van der Waals surface area (Å²) in [4.78, 5) is 28.1. The van der Waals surface area contributed by atoms with Crippen LogP contribution in [0.4, 0.5) is 0 Å². The summed E-state index contributed by atoms with van der Waals surface area (Å²) in [5, 5.41) is 1.50. The fourth-order valence-electron chi connectivity index (χ4n) is 3.16. The first-order valence-electron chi connectivity index (χ1n) is 6.66. The van der Waals surface area contributed by atoms with E-state index in [0.717, 1.165) is 21.9 Å². The van der Waals surface area contributed by atoms with Gasteiger partial charge in [0.25, 0.3) is 11.1 Å². The standard InChI is InChI=1S/C16H9N3O2/c20-15-10-6-2-4-8-12(10)18-14-9-5-1-3-7-11(9)17-13(14)16(21)19(15)18/h1-8,17H. The van der Waals surface area contributed by atoms with Gasteiger partial charge in [0, 0.05) is 10.9 Å². The Balaban J connectivity index is 2.28. The molecule has 5 rings (SSSR count). The first-order chi connectivity index (χ1) is 10.3. The van der Waals surface area contributed by atoms with Crippen LogP contribution in [-0.2, 0) is 0 Å². The summed E-state index contributed by atoms with van der Waals surface area (Å²) in [7, 11) is 0. The van der Waals surface area contributed by atoms with E-state index in [-0.39, 0.29) is 11.1 Å². The minimum atomic E-state index is -0.303. The highest BCUT2D eigenvalue weighted by molar-refractivity contribution is 6.06. The van der Waals surface area contributed by atoms with Crippen LogP contribution >= 0.6 is 0 Å². The van der Waals surface area contributed by atoms with Crippen molar-refractivity contribution in [3.63, 3.8) is 0 Å². The average molecular weight is 275 g/mol. The monoisotopic (exact) mass is 275 g/mol. The summed E-state index contributed by atoms with van der Waals surface area (Å²) in [6.45, 7) is 0. The van der Waals surface area contributed by atoms with Crippen molar-refractivity contribution in [3.8, 4) is 0 Å². The van der Waals surface area contributed by atoms with E-state index >= 15 is 0 Å². The predicted molar refractivity (Wildman–Crippen MR) is 81.4 cm³/mol. The Morgan fingerprint density at radius 3 is 2.33 bits per heavy atom. The van der Waals surface area contributed by atoms with Crippen molar-refractivity contribution in [3.05, 3.63) is 69.2 Å². The SMILES string of the molecule is O=c1c2ccccc2n2c3c([nH]c4ccccc43)c(=O)n12. The fraction of sp³-hybridized carbons (Fsp3) is 0. The largest absolute Gasteiger partial charge is 0.349 e. The van der Waals surface area contributed by atoms with E-state index in [0.29, 0.717) is 10.9 Å². The number of nitrogens with one attached hydrogen (secondary N) is 1. The Hall–Kier alpha value is -3.08. The molecule has 2 aromatic carbocycles. The number of rotatable bonds is 0. The lowest BCUT2D eigenvalue weighted by atomic mass is 10.2. The molecule has 0 saturated carbocycles. The van der Waals surface area contributed by atoms with Crippen LogP contribution in [0.3, 0.4) is 0 Å². The van der Waals surface area contributed by atoms with E-state index in [9.17, 15) is 9.59 Å². The third-order valence-electron chi connectivity index (χ3n) is 4.05. The van der Waals surface area contributed by atoms with Crippen LogP contribution in [0.25, 0.3) is 32.8 Å². The molecule has 0 saturated heterocycles. The number of benzene rings is 2. The molecule has 5 nitrogen and oxygen atoms in total. The van der Waals surface area contributed by atoms with Crippen LogP contribution in [0.15, 0.2) is 58.1 Å². The van der Waals surface area contributed by atoms with Crippen LogP contribution in [-0.4, -0.2) is 14.0 Å². The molecule has 3 heterocycles. The predicted octanol–water partition coefficient (Wildman–Crippen LogP) is 1.98. The maximum Gasteiger partial charge on any atom is 0.298 e. The van der Waals surface area contributed by atoms with Gasteiger partial charge in [0.2, 0.25) is 0 Å². The number of nitrogens with zero attached hydrogens (tertiary/aromatic N) is 2. The van der Waals surface area contributed by atoms with Gasteiger partial charge < -0.3 is 4.98 Å². The van der Waals surface area contributed by atoms with Crippen LogP contribution in [0, 0.1) is 0 Å². The summed E-state index contributed by atoms with van der Waals surface area (Å²) >= 11 is 0. The van der Waals surface area contributed by atoms with Crippen LogP contribution in [0.1, 0.15) is 0 Å². The number of H-pyrrole nitrogens is 1. The van der Waals surface area contributed by atoms with E-state index in [2.05, 4.69) is 4.98 Å². The molecule has 1 N–H and O–H groups in total. The van der Waals surface area contributed by atoms with Crippen molar-refractivity contribution in [1.29, 1.82) is 0 Å². The second kappa shape index (κ2) is 3.32. The zero-order valence-electron chi connectivity index (χ0n) is 10.8. The molecule has 0 spiro atoms. The molecular weight excluding hydrogens is 266 g/mol.